The number of benzene rings is 1. The van der Waals surface area contributed by atoms with Gasteiger partial charge in [0, 0.05) is 22.6 Å². The van der Waals surface area contributed by atoms with Gasteiger partial charge in [0.1, 0.15) is 5.60 Å². The average molecular weight is 423 g/mol. The van der Waals surface area contributed by atoms with Gasteiger partial charge in [-0.05, 0) is 38.5 Å². The molecule has 4 nitrogen and oxygen atoms in total. The van der Waals surface area contributed by atoms with Gasteiger partial charge in [-0.3, -0.25) is 0 Å². The highest BCUT2D eigenvalue weighted by atomic mass is 79.9. The van der Waals surface area contributed by atoms with Crippen LogP contribution >= 0.6 is 31.9 Å². The van der Waals surface area contributed by atoms with E-state index in [0.717, 1.165) is 14.5 Å². The van der Waals surface area contributed by atoms with E-state index in [9.17, 15) is 4.79 Å². The second kappa shape index (κ2) is 8.15. The van der Waals surface area contributed by atoms with Gasteiger partial charge in [0.2, 0.25) is 0 Å². The van der Waals surface area contributed by atoms with Gasteiger partial charge in [-0.2, -0.15) is 0 Å². The molecule has 1 aromatic rings. The van der Waals surface area contributed by atoms with Crippen LogP contribution in [0.15, 0.2) is 27.1 Å². The van der Waals surface area contributed by atoms with Gasteiger partial charge in [-0.15, -0.1) is 0 Å². The summed E-state index contributed by atoms with van der Waals surface area (Å²) in [5.74, 6) is 0. The summed E-state index contributed by atoms with van der Waals surface area (Å²) >= 11 is 7.03. The van der Waals surface area contributed by atoms with E-state index in [1.165, 1.54) is 0 Å². The molecule has 0 spiro atoms. The maximum atomic E-state index is 12.3. The number of nitrogens with zero attached hydrogens (tertiary/aromatic N) is 1. The van der Waals surface area contributed by atoms with Gasteiger partial charge >= 0.3 is 6.09 Å². The molecule has 0 aliphatic heterocycles. The third-order valence-electron chi connectivity index (χ3n) is 2.63. The fourth-order valence-electron chi connectivity index (χ4n) is 1.64. The van der Waals surface area contributed by atoms with Gasteiger partial charge in [0.25, 0.3) is 0 Å². The zero-order valence-corrected chi connectivity index (χ0v) is 16.0. The van der Waals surface area contributed by atoms with Gasteiger partial charge < -0.3 is 14.4 Å². The summed E-state index contributed by atoms with van der Waals surface area (Å²) in [6.07, 6.45) is -0.345. The van der Waals surface area contributed by atoms with Crippen LogP contribution < -0.4 is 0 Å². The van der Waals surface area contributed by atoms with Crippen LogP contribution in [-0.2, 0) is 16.0 Å². The molecule has 0 aliphatic rings. The molecular weight excluding hydrogens is 402 g/mol. The van der Waals surface area contributed by atoms with Gasteiger partial charge in [0.05, 0.1) is 13.2 Å². The number of amides is 1. The van der Waals surface area contributed by atoms with Crippen molar-refractivity contribution in [1.29, 1.82) is 0 Å². The molecule has 0 fully saturated rings. The third kappa shape index (κ3) is 6.36. The molecule has 0 saturated carbocycles. The molecule has 1 aromatic carbocycles. The Labute approximate surface area is 143 Å². The molecule has 1 rings (SSSR count). The molecule has 0 radical (unpaired) electrons. The SMILES string of the molecule is COCCN(Cc1c(Br)cccc1Br)C(=O)OC(C)(C)C. The summed E-state index contributed by atoms with van der Waals surface area (Å²) in [6.45, 7) is 6.94. The summed E-state index contributed by atoms with van der Waals surface area (Å²) in [5.41, 5.74) is 0.479. The maximum absolute atomic E-state index is 12.3. The number of methoxy groups -OCH3 is 1. The Morgan fingerprint density at radius 3 is 2.29 bits per heavy atom. The Morgan fingerprint density at radius 2 is 1.81 bits per heavy atom. The standard InChI is InChI=1S/C15H21Br2NO3/c1-15(2,3)21-14(19)18(8-9-20-4)10-11-12(16)6-5-7-13(11)17/h5-7H,8-10H2,1-4H3. The number of hydrogen-bond donors (Lipinski definition) is 0. The number of carbonyl (C=O) groups excluding carboxylic acids is 1. The van der Waals surface area contributed by atoms with Crippen LogP contribution in [0.25, 0.3) is 0 Å². The minimum atomic E-state index is -0.520. The highest BCUT2D eigenvalue weighted by Crippen LogP contribution is 2.27. The predicted molar refractivity (Wildman–Crippen MR) is 90.4 cm³/mol. The van der Waals surface area contributed by atoms with Crippen LogP contribution in [0.5, 0.6) is 0 Å². The summed E-state index contributed by atoms with van der Waals surface area (Å²) in [5, 5.41) is 0. The Balaban J connectivity index is 2.90. The van der Waals surface area contributed by atoms with Crippen molar-refractivity contribution in [3.63, 3.8) is 0 Å². The second-order valence-electron chi connectivity index (χ2n) is 5.59. The summed E-state index contributed by atoms with van der Waals surface area (Å²) in [7, 11) is 1.61. The normalized spacial score (nSPS) is 11.3. The quantitative estimate of drug-likeness (QED) is 0.696. The fourth-order valence-corrected chi connectivity index (χ4v) is 2.89. The lowest BCUT2D eigenvalue weighted by Crippen LogP contribution is -2.38. The minimum Gasteiger partial charge on any atom is -0.444 e. The molecule has 0 heterocycles. The first kappa shape index (κ1) is 18.5. The van der Waals surface area contributed by atoms with Crippen molar-refractivity contribution >= 4 is 38.0 Å². The number of halogens is 2. The number of carbonyl (C=O) groups is 1. The zero-order valence-electron chi connectivity index (χ0n) is 12.8. The molecule has 0 saturated heterocycles. The topological polar surface area (TPSA) is 38.8 Å². The highest BCUT2D eigenvalue weighted by Gasteiger charge is 2.23. The number of ether oxygens (including phenoxy) is 2. The van der Waals surface area contributed by atoms with E-state index >= 15 is 0 Å². The Hall–Kier alpha value is -0.590. The van der Waals surface area contributed by atoms with Crippen molar-refractivity contribution in [3.8, 4) is 0 Å². The zero-order chi connectivity index (χ0) is 16.0. The molecule has 0 aromatic heterocycles. The first-order valence-electron chi connectivity index (χ1n) is 6.64. The molecule has 0 N–H and O–H groups in total. The highest BCUT2D eigenvalue weighted by molar-refractivity contribution is 9.11. The Bertz CT molecular complexity index is 466. The van der Waals surface area contributed by atoms with Crippen molar-refractivity contribution in [2.45, 2.75) is 32.9 Å². The van der Waals surface area contributed by atoms with Crippen LogP contribution in [0.2, 0.25) is 0 Å². The van der Waals surface area contributed by atoms with Crippen LogP contribution in [-0.4, -0.2) is 36.9 Å². The molecule has 0 aliphatic carbocycles. The number of rotatable bonds is 5. The number of hydrogen-bond acceptors (Lipinski definition) is 3. The van der Waals surface area contributed by atoms with Gasteiger partial charge in [-0.25, -0.2) is 4.79 Å². The van der Waals surface area contributed by atoms with E-state index in [4.69, 9.17) is 9.47 Å². The fraction of sp³-hybridized carbons (Fsp3) is 0.533. The maximum Gasteiger partial charge on any atom is 0.410 e. The van der Waals surface area contributed by atoms with E-state index in [2.05, 4.69) is 31.9 Å². The van der Waals surface area contributed by atoms with Crippen LogP contribution in [0.4, 0.5) is 4.79 Å². The van der Waals surface area contributed by atoms with E-state index in [0.29, 0.717) is 19.7 Å². The van der Waals surface area contributed by atoms with E-state index < -0.39 is 5.60 Å². The average Bonchev–Trinajstić information content (AvgIpc) is 2.35. The first-order chi connectivity index (χ1) is 9.74. The molecule has 6 heteroatoms. The lowest BCUT2D eigenvalue weighted by atomic mass is 10.2. The Kier molecular flexibility index (Phi) is 7.16. The smallest absolute Gasteiger partial charge is 0.410 e. The van der Waals surface area contributed by atoms with Gasteiger partial charge in [-0.1, -0.05) is 37.9 Å². The lowest BCUT2D eigenvalue weighted by molar-refractivity contribution is 0.0183. The van der Waals surface area contributed by atoms with Crippen LogP contribution in [0.3, 0.4) is 0 Å². The van der Waals surface area contributed by atoms with Crippen molar-refractivity contribution < 1.29 is 14.3 Å². The third-order valence-corrected chi connectivity index (χ3v) is 4.11. The van der Waals surface area contributed by atoms with Gasteiger partial charge in [0.15, 0.2) is 0 Å². The van der Waals surface area contributed by atoms with Crippen molar-refractivity contribution in [3.05, 3.63) is 32.7 Å². The summed E-state index contributed by atoms with van der Waals surface area (Å²) < 4.78 is 12.4. The first-order valence-corrected chi connectivity index (χ1v) is 8.23. The van der Waals surface area contributed by atoms with Crippen LogP contribution in [0, 0.1) is 0 Å². The second-order valence-corrected chi connectivity index (χ2v) is 7.30. The van der Waals surface area contributed by atoms with E-state index in [-0.39, 0.29) is 6.09 Å². The molecule has 0 bridgehead atoms. The monoisotopic (exact) mass is 421 g/mol. The molecule has 1 amide bonds. The van der Waals surface area contributed by atoms with E-state index in [1.807, 2.05) is 39.0 Å². The predicted octanol–water partition coefficient (Wildman–Crippen LogP) is 4.60. The largest absolute Gasteiger partial charge is 0.444 e. The summed E-state index contributed by atoms with van der Waals surface area (Å²) in [6, 6.07) is 5.83. The minimum absolute atomic E-state index is 0.345. The molecule has 0 atom stereocenters. The lowest BCUT2D eigenvalue weighted by Gasteiger charge is -2.28. The van der Waals surface area contributed by atoms with Crippen LogP contribution in [0.1, 0.15) is 26.3 Å². The van der Waals surface area contributed by atoms with Crippen molar-refractivity contribution in [1.82, 2.24) is 4.90 Å². The molecule has 21 heavy (non-hydrogen) atoms. The summed E-state index contributed by atoms with van der Waals surface area (Å²) in [4.78, 5) is 13.9. The van der Waals surface area contributed by atoms with Crippen molar-refractivity contribution in [2.24, 2.45) is 0 Å². The molecule has 0 unspecified atom stereocenters. The Morgan fingerprint density at radius 1 is 1.24 bits per heavy atom. The molecular formula is C15H21Br2NO3. The van der Waals surface area contributed by atoms with Crippen molar-refractivity contribution in [2.75, 3.05) is 20.3 Å². The molecule has 118 valence electrons. The van der Waals surface area contributed by atoms with E-state index in [1.54, 1.807) is 12.0 Å².